The number of hydrogen-bond donors (Lipinski definition) is 2. The summed E-state index contributed by atoms with van der Waals surface area (Å²) in [5.74, 6) is -3.08. The van der Waals surface area contributed by atoms with Crippen LogP contribution in [0.3, 0.4) is 0 Å². The molecule has 3 aromatic rings. The second-order valence-corrected chi connectivity index (χ2v) is 6.69. The zero-order valence-electron chi connectivity index (χ0n) is 15.7. The summed E-state index contributed by atoms with van der Waals surface area (Å²) in [6.07, 6.45) is 0.180. The van der Waals surface area contributed by atoms with E-state index < -0.39 is 23.9 Å². The molecular weight excluding hydrogens is 368 g/mol. The molecule has 2 N–H and O–H groups in total. The predicted molar refractivity (Wildman–Crippen MR) is 111 cm³/mol. The fourth-order valence-corrected chi connectivity index (χ4v) is 3.34. The second kappa shape index (κ2) is 8.97. The first kappa shape index (κ1) is 20.0. The maximum absolute atomic E-state index is 12.5. The van der Waals surface area contributed by atoms with Gasteiger partial charge in [-0.2, -0.15) is 0 Å². The highest BCUT2D eigenvalue weighted by Crippen LogP contribution is 2.29. The standard InChI is InChI=1S/C24H20O5/c25-18(14-13-16-7-2-1-3-8-16)15-21(23(26)27)22(24(28)29)20-12-6-10-17-9-4-5-11-19(17)20/h1-12H,13-15H2,(H,26,27)(H,28,29). The van der Waals surface area contributed by atoms with Gasteiger partial charge >= 0.3 is 11.9 Å². The van der Waals surface area contributed by atoms with Crippen molar-refractivity contribution in [2.45, 2.75) is 19.3 Å². The minimum Gasteiger partial charge on any atom is -0.478 e. The summed E-state index contributed by atoms with van der Waals surface area (Å²) in [5, 5.41) is 20.9. The van der Waals surface area contributed by atoms with Crippen LogP contribution in [0.1, 0.15) is 24.0 Å². The van der Waals surface area contributed by atoms with Gasteiger partial charge in [0.25, 0.3) is 0 Å². The number of fused-ring (bicyclic) bond motifs is 1. The third kappa shape index (κ3) is 4.76. The lowest BCUT2D eigenvalue weighted by Crippen LogP contribution is -2.15. The van der Waals surface area contributed by atoms with E-state index in [0.717, 1.165) is 10.9 Å². The number of carboxylic acid groups (broad SMARTS) is 2. The van der Waals surface area contributed by atoms with E-state index >= 15 is 0 Å². The zero-order chi connectivity index (χ0) is 20.8. The van der Waals surface area contributed by atoms with Gasteiger partial charge in [-0.1, -0.05) is 72.8 Å². The molecule has 0 radical (unpaired) electrons. The Morgan fingerprint density at radius 3 is 2.07 bits per heavy atom. The Morgan fingerprint density at radius 1 is 0.724 bits per heavy atom. The zero-order valence-corrected chi connectivity index (χ0v) is 15.7. The molecule has 0 fully saturated rings. The first-order chi connectivity index (χ1) is 14.0. The number of Topliss-reactive ketones (excluding diaryl/α,β-unsaturated/α-hetero) is 1. The van der Waals surface area contributed by atoms with Gasteiger partial charge in [0.15, 0.2) is 0 Å². The van der Waals surface area contributed by atoms with Gasteiger partial charge in [-0.15, -0.1) is 0 Å². The topological polar surface area (TPSA) is 91.7 Å². The van der Waals surface area contributed by atoms with Gasteiger partial charge in [-0.3, -0.25) is 4.79 Å². The molecule has 0 unspecified atom stereocenters. The molecule has 0 aliphatic rings. The third-order valence-electron chi connectivity index (χ3n) is 4.74. The number of hydrogen-bond acceptors (Lipinski definition) is 3. The molecule has 0 heterocycles. The Kier molecular flexibility index (Phi) is 6.19. The molecule has 3 rings (SSSR count). The van der Waals surface area contributed by atoms with Crippen molar-refractivity contribution in [2.24, 2.45) is 0 Å². The predicted octanol–water partition coefficient (Wildman–Crippen LogP) is 4.35. The fraction of sp³-hybridized carbons (Fsp3) is 0.125. The minimum atomic E-state index is -1.40. The van der Waals surface area contributed by atoms with Crippen LogP contribution in [-0.4, -0.2) is 27.9 Å². The third-order valence-corrected chi connectivity index (χ3v) is 4.74. The molecule has 5 heteroatoms. The van der Waals surface area contributed by atoms with E-state index in [1.807, 2.05) is 48.5 Å². The van der Waals surface area contributed by atoms with Crippen molar-refractivity contribution in [2.75, 3.05) is 0 Å². The fourth-order valence-electron chi connectivity index (χ4n) is 3.34. The van der Waals surface area contributed by atoms with E-state index in [4.69, 9.17) is 0 Å². The summed E-state index contributed by atoms with van der Waals surface area (Å²) in [6.45, 7) is 0. The van der Waals surface area contributed by atoms with Gasteiger partial charge in [0, 0.05) is 12.8 Å². The maximum Gasteiger partial charge on any atom is 0.336 e. The Labute approximate surface area is 167 Å². The lowest BCUT2D eigenvalue weighted by Gasteiger charge is -2.12. The molecule has 0 aliphatic heterocycles. The highest BCUT2D eigenvalue weighted by molar-refractivity contribution is 6.25. The molecular formula is C24H20O5. The van der Waals surface area contributed by atoms with E-state index in [1.54, 1.807) is 24.3 Å². The van der Waals surface area contributed by atoms with Gasteiger partial charge in [0.2, 0.25) is 0 Å². The highest BCUT2D eigenvalue weighted by Gasteiger charge is 2.25. The first-order valence-electron chi connectivity index (χ1n) is 9.21. The van der Waals surface area contributed by atoms with Crippen LogP contribution in [0.4, 0.5) is 0 Å². The highest BCUT2D eigenvalue weighted by atomic mass is 16.4. The summed E-state index contributed by atoms with van der Waals surface area (Å²) in [5.41, 5.74) is 0.521. The summed E-state index contributed by atoms with van der Waals surface area (Å²) in [7, 11) is 0. The van der Waals surface area contributed by atoms with Crippen LogP contribution in [0.5, 0.6) is 0 Å². The average Bonchev–Trinajstić information content (AvgIpc) is 2.72. The van der Waals surface area contributed by atoms with E-state index in [9.17, 15) is 24.6 Å². The largest absolute Gasteiger partial charge is 0.478 e. The van der Waals surface area contributed by atoms with Gasteiger partial charge in [0.1, 0.15) is 5.78 Å². The van der Waals surface area contributed by atoms with Crippen LogP contribution >= 0.6 is 0 Å². The van der Waals surface area contributed by atoms with Crippen molar-refractivity contribution in [3.63, 3.8) is 0 Å². The Balaban J connectivity index is 1.97. The van der Waals surface area contributed by atoms with Gasteiger partial charge in [0.05, 0.1) is 11.1 Å². The van der Waals surface area contributed by atoms with E-state index in [-0.39, 0.29) is 17.8 Å². The quantitative estimate of drug-likeness (QED) is 0.560. The van der Waals surface area contributed by atoms with Gasteiger partial charge in [-0.25, -0.2) is 9.59 Å². The average molecular weight is 388 g/mol. The molecule has 0 atom stereocenters. The number of ketones is 1. The molecule has 0 amide bonds. The molecule has 3 aromatic carbocycles. The second-order valence-electron chi connectivity index (χ2n) is 6.69. The molecule has 0 saturated carbocycles. The van der Waals surface area contributed by atoms with Gasteiger partial charge in [-0.05, 0) is 28.3 Å². The number of benzene rings is 3. The normalized spacial score (nSPS) is 11.7. The number of carbonyl (C=O) groups is 3. The van der Waals surface area contributed by atoms with E-state index in [2.05, 4.69) is 0 Å². The number of aliphatic carboxylic acids is 2. The first-order valence-corrected chi connectivity index (χ1v) is 9.21. The summed E-state index contributed by atoms with van der Waals surface area (Å²) in [4.78, 5) is 36.4. The molecule has 29 heavy (non-hydrogen) atoms. The molecule has 146 valence electrons. The number of carboxylic acids is 2. The Morgan fingerprint density at radius 2 is 1.38 bits per heavy atom. The molecule has 0 spiro atoms. The summed E-state index contributed by atoms with van der Waals surface area (Å²) in [6, 6.07) is 21.6. The van der Waals surface area contributed by atoms with Crippen molar-refractivity contribution >= 4 is 34.1 Å². The molecule has 0 aliphatic carbocycles. The van der Waals surface area contributed by atoms with E-state index in [0.29, 0.717) is 17.4 Å². The van der Waals surface area contributed by atoms with E-state index in [1.165, 1.54) is 0 Å². The molecule has 5 nitrogen and oxygen atoms in total. The number of rotatable bonds is 8. The van der Waals surface area contributed by atoms with Crippen LogP contribution < -0.4 is 0 Å². The lowest BCUT2D eigenvalue weighted by atomic mass is 9.91. The maximum atomic E-state index is 12.5. The minimum absolute atomic E-state index is 0.142. The van der Waals surface area contributed by atoms with Crippen molar-refractivity contribution in [3.05, 3.63) is 89.5 Å². The van der Waals surface area contributed by atoms with Gasteiger partial charge < -0.3 is 10.2 Å². The van der Waals surface area contributed by atoms with Crippen molar-refractivity contribution in [1.82, 2.24) is 0 Å². The van der Waals surface area contributed by atoms with Crippen molar-refractivity contribution in [1.29, 1.82) is 0 Å². The van der Waals surface area contributed by atoms with Crippen LogP contribution in [0, 0.1) is 0 Å². The van der Waals surface area contributed by atoms with Crippen LogP contribution in [0.15, 0.2) is 78.4 Å². The SMILES string of the molecule is O=C(CCc1ccccc1)CC(C(=O)O)=C(C(=O)O)c1cccc2ccccc12. The van der Waals surface area contributed by atoms with Crippen LogP contribution in [0.25, 0.3) is 16.3 Å². The smallest absolute Gasteiger partial charge is 0.336 e. The molecule has 0 saturated heterocycles. The molecule has 0 bridgehead atoms. The summed E-state index contributed by atoms with van der Waals surface area (Å²) < 4.78 is 0. The van der Waals surface area contributed by atoms with Crippen LogP contribution in [0.2, 0.25) is 0 Å². The number of aryl methyl sites for hydroxylation is 1. The van der Waals surface area contributed by atoms with Crippen LogP contribution in [-0.2, 0) is 20.8 Å². The molecule has 0 aromatic heterocycles. The Hall–Kier alpha value is -3.73. The van der Waals surface area contributed by atoms with Crippen molar-refractivity contribution < 1.29 is 24.6 Å². The Bertz CT molecular complexity index is 1090. The monoisotopic (exact) mass is 388 g/mol. The number of carbonyl (C=O) groups excluding carboxylic acids is 1. The lowest BCUT2D eigenvalue weighted by molar-refractivity contribution is -0.135. The summed E-state index contributed by atoms with van der Waals surface area (Å²) >= 11 is 0. The van der Waals surface area contributed by atoms with Crippen molar-refractivity contribution in [3.8, 4) is 0 Å².